The predicted octanol–water partition coefficient (Wildman–Crippen LogP) is 5.64. The van der Waals surface area contributed by atoms with Gasteiger partial charge in [-0.2, -0.15) is 0 Å². The quantitative estimate of drug-likeness (QED) is 0.463. The molecule has 0 radical (unpaired) electrons. The average molecular weight is 359 g/mol. The first-order chi connectivity index (χ1) is 13.1. The molecule has 134 valence electrons. The van der Waals surface area contributed by atoms with E-state index in [0.717, 1.165) is 27.8 Å². The van der Waals surface area contributed by atoms with E-state index in [0.29, 0.717) is 5.89 Å². The number of nitrogens with zero attached hydrogens (tertiary/aromatic N) is 1. The van der Waals surface area contributed by atoms with Crippen LogP contribution in [0.4, 0.5) is 4.79 Å². The van der Waals surface area contributed by atoms with Gasteiger partial charge in [0.15, 0.2) is 5.58 Å². The highest BCUT2D eigenvalue weighted by molar-refractivity contribution is 5.90. The van der Waals surface area contributed by atoms with E-state index in [1.165, 1.54) is 0 Å². The molecule has 0 unspecified atom stereocenters. The lowest BCUT2D eigenvalue weighted by Crippen LogP contribution is -1.88. The van der Waals surface area contributed by atoms with E-state index >= 15 is 0 Å². The van der Waals surface area contributed by atoms with Crippen molar-refractivity contribution in [2.45, 2.75) is 0 Å². The monoisotopic (exact) mass is 359 g/mol. The van der Waals surface area contributed by atoms with Crippen LogP contribution < -0.4 is 0 Å². The lowest BCUT2D eigenvalue weighted by Gasteiger charge is -2.04. The summed E-state index contributed by atoms with van der Waals surface area (Å²) in [7, 11) is 0. The van der Waals surface area contributed by atoms with Crippen molar-refractivity contribution in [1.82, 2.24) is 4.98 Å². The van der Waals surface area contributed by atoms with Gasteiger partial charge in [-0.1, -0.05) is 72.8 Å². The van der Waals surface area contributed by atoms with Gasteiger partial charge < -0.3 is 14.6 Å². The summed E-state index contributed by atoms with van der Waals surface area (Å²) >= 11 is 0. The Balaban J connectivity index is 0.000000481. The molecule has 0 spiro atoms. The third-order valence-corrected chi connectivity index (χ3v) is 3.72. The number of para-hydroxylation sites is 2. The minimum Gasteiger partial charge on any atom is -0.450 e. The van der Waals surface area contributed by atoms with Crippen LogP contribution >= 0.6 is 0 Å². The largest absolute Gasteiger partial charge is 0.503 e. The molecule has 0 aliphatic rings. The predicted molar refractivity (Wildman–Crippen MR) is 105 cm³/mol. The second kappa shape index (κ2) is 8.49. The first kappa shape index (κ1) is 17.9. The normalized spacial score (nSPS) is 10.9. The van der Waals surface area contributed by atoms with Crippen LogP contribution in [0, 0.1) is 0 Å². The van der Waals surface area contributed by atoms with Crippen molar-refractivity contribution in [3.05, 3.63) is 102 Å². The summed E-state index contributed by atoms with van der Waals surface area (Å²) in [6, 6.07) is 28.3. The van der Waals surface area contributed by atoms with Gasteiger partial charge in [0.25, 0.3) is 0 Å². The topological polar surface area (TPSA) is 83.6 Å². The Morgan fingerprint density at radius 3 is 2.00 bits per heavy atom. The highest BCUT2D eigenvalue weighted by atomic mass is 16.6. The van der Waals surface area contributed by atoms with Crippen molar-refractivity contribution < 1.29 is 19.4 Å². The van der Waals surface area contributed by atoms with Crippen LogP contribution in [-0.4, -0.2) is 21.4 Å². The van der Waals surface area contributed by atoms with Gasteiger partial charge in [-0.15, -0.1) is 0 Å². The summed E-state index contributed by atoms with van der Waals surface area (Å²) in [5.74, 6) is 0.640. The van der Waals surface area contributed by atoms with E-state index in [1.54, 1.807) is 0 Å². The van der Waals surface area contributed by atoms with Crippen molar-refractivity contribution in [3.8, 4) is 0 Å². The molecule has 0 aliphatic carbocycles. The SMILES string of the molecule is C(=C(c1ccccc1)c1nc2ccccc2o1)c1ccccc1.O=C(O)O. The van der Waals surface area contributed by atoms with Gasteiger partial charge in [0.05, 0.1) is 0 Å². The highest BCUT2D eigenvalue weighted by Crippen LogP contribution is 2.28. The molecule has 0 fully saturated rings. The minimum atomic E-state index is -1.83. The van der Waals surface area contributed by atoms with Gasteiger partial charge in [0.2, 0.25) is 5.89 Å². The van der Waals surface area contributed by atoms with Gasteiger partial charge in [0.1, 0.15) is 5.52 Å². The fourth-order valence-electron chi connectivity index (χ4n) is 2.59. The number of oxazole rings is 1. The zero-order valence-corrected chi connectivity index (χ0v) is 14.3. The molecule has 4 aromatic rings. The number of rotatable bonds is 3. The second-order valence-corrected chi connectivity index (χ2v) is 5.60. The Labute approximate surface area is 155 Å². The first-order valence-electron chi connectivity index (χ1n) is 8.23. The summed E-state index contributed by atoms with van der Waals surface area (Å²) in [4.78, 5) is 13.2. The van der Waals surface area contributed by atoms with E-state index in [9.17, 15) is 0 Å². The highest BCUT2D eigenvalue weighted by Gasteiger charge is 2.12. The maximum absolute atomic E-state index is 8.56. The number of fused-ring (bicyclic) bond motifs is 1. The molecule has 1 aromatic heterocycles. The summed E-state index contributed by atoms with van der Waals surface area (Å²) in [6.07, 6.45) is 0.278. The molecule has 0 saturated carbocycles. The molecule has 5 nitrogen and oxygen atoms in total. The molecule has 0 aliphatic heterocycles. The van der Waals surface area contributed by atoms with Crippen LogP contribution in [0.15, 0.2) is 89.3 Å². The maximum Gasteiger partial charge on any atom is 0.503 e. The number of hydrogen-bond donors (Lipinski definition) is 2. The number of aromatic nitrogens is 1. The molecular weight excluding hydrogens is 342 g/mol. The van der Waals surface area contributed by atoms with E-state index < -0.39 is 6.16 Å². The summed E-state index contributed by atoms with van der Waals surface area (Å²) in [5, 5.41) is 13.9. The van der Waals surface area contributed by atoms with E-state index in [-0.39, 0.29) is 0 Å². The van der Waals surface area contributed by atoms with E-state index in [4.69, 9.17) is 19.4 Å². The molecule has 0 atom stereocenters. The standard InChI is InChI=1S/C21H15NO.CH2O3/c1-3-9-16(10-4-1)15-18(17-11-5-2-6-12-17)21-22-19-13-7-8-14-20(19)23-21;2-1(3)4/h1-15H;(H2,2,3,4). The molecule has 2 N–H and O–H groups in total. The molecule has 4 rings (SSSR count). The summed E-state index contributed by atoms with van der Waals surface area (Å²) in [5.41, 5.74) is 4.86. The minimum absolute atomic E-state index is 0.640. The van der Waals surface area contributed by atoms with Gasteiger partial charge in [-0.05, 0) is 29.3 Å². The van der Waals surface area contributed by atoms with Crippen LogP contribution in [0.5, 0.6) is 0 Å². The molecule has 0 amide bonds. The molecule has 0 bridgehead atoms. The van der Waals surface area contributed by atoms with Crippen molar-refractivity contribution in [2.75, 3.05) is 0 Å². The molecule has 0 saturated heterocycles. The Morgan fingerprint density at radius 1 is 0.815 bits per heavy atom. The first-order valence-corrected chi connectivity index (χ1v) is 8.23. The van der Waals surface area contributed by atoms with Crippen molar-refractivity contribution >= 4 is 28.9 Å². The van der Waals surface area contributed by atoms with Crippen molar-refractivity contribution in [2.24, 2.45) is 0 Å². The fourth-order valence-corrected chi connectivity index (χ4v) is 2.59. The number of carboxylic acid groups (broad SMARTS) is 2. The molecule has 3 aromatic carbocycles. The van der Waals surface area contributed by atoms with Crippen LogP contribution in [0.3, 0.4) is 0 Å². The fraction of sp³-hybridized carbons (Fsp3) is 0. The van der Waals surface area contributed by atoms with Gasteiger partial charge >= 0.3 is 6.16 Å². The Morgan fingerprint density at radius 2 is 1.37 bits per heavy atom. The Hall–Kier alpha value is -3.86. The molecule has 5 heteroatoms. The Bertz CT molecular complexity index is 1020. The smallest absolute Gasteiger partial charge is 0.450 e. The van der Waals surface area contributed by atoms with Gasteiger partial charge in [-0.25, -0.2) is 9.78 Å². The van der Waals surface area contributed by atoms with Gasteiger partial charge in [-0.3, -0.25) is 0 Å². The molecular formula is C22H17NO4. The molecule has 1 heterocycles. The van der Waals surface area contributed by atoms with Crippen LogP contribution in [0.25, 0.3) is 22.7 Å². The Kier molecular flexibility index (Phi) is 5.64. The number of carbonyl (C=O) groups is 1. The maximum atomic E-state index is 8.56. The van der Waals surface area contributed by atoms with Crippen molar-refractivity contribution in [1.29, 1.82) is 0 Å². The second-order valence-electron chi connectivity index (χ2n) is 5.60. The van der Waals surface area contributed by atoms with Crippen LogP contribution in [0.1, 0.15) is 17.0 Å². The third-order valence-electron chi connectivity index (χ3n) is 3.72. The number of hydrogen-bond acceptors (Lipinski definition) is 3. The number of benzene rings is 3. The molecule has 27 heavy (non-hydrogen) atoms. The summed E-state index contributed by atoms with van der Waals surface area (Å²) < 4.78 is 5.98. The lowest BCUT2D eigenvalue weighted by atomic mass is 10.0. The third kappa shape index (κ3) is 4.83. The van der Waals surface area contributed by atoms with E-state index in [2.05, 4.69) is 35.3 Å². The van der Waals surface area contributed by atoms with Crippen molar-refractivity contribution in [3.63, 3.8) is 0 Å². The zero-order chi connectivity index (χ0) is 19.1. The zero-order valence-electron chi connectivity index (χ0n) is 14.3. The lowest BCUT2D eigenvalue weighted by molar-refractivity contribution is 0.137. The van der Waals surface area contributed by atoms with Gasteiger partial charge in [0, 0.05) is 5.57 Å². The van der Waals surface area contributed by atoms with Crippen LogP contribution in [0.2, 0.25) is 0 Å². The average Bonchev–Trinajstić information content (AvgIpc) is 3.11. The van der Waals surface area contributed by atoms with Crippen LogP contribution in [-0.2, 0) is 0 Å². The summed E-state index contributed by atoms with van der Waals surface area (Å²) in [6.45, 7) is 0. The van der Waals surface area contributed by atoms with E-state index in [1.807, 2.05) is 60.7 Å².